The molecule has 2 aromatic carbocycles. The third-order valence-electron chi connectivity index (χ3n) is 5.18. The zero-order valence-electron chi connectivity index (χ0n) is 18.1. The van der Waals surface area contributed by atoms with Crippen molar-refractivity contribution >= 4 is 50.9 Å². The summed E-state index contributed by atoms with van der Waals surface area (Å²) in [5.74, 6) is 0.148. The Balaban J connectivity index is 1.96. The van der Waals surface area contributed by atoms with E-state index in [1.54, 1.807) is 49.8 Å². The van der Waals surface area contributed by atoms with E-state index in [0.29, 0.717) is 35.8 Å². The van der Waals surface area contributed by atoms with Crippen LogP contribution in [-0.2, 0) is 9.53 Å². The normalized spacial score (nSPS) is 15.8. The van der Waals surface area contributed by atoms with Gasteiger partial charge in [-0.15, -0.1) is 0 Å². The van der Waals surface area contributed by atoms with Gasteiger partial charge in [-0.2, -0.15) is 0 Å². The van der Waals surface area contributed by atoms with Crippen molar-refractivity contribution in [3.63, 3.8) is 0 Å². The van der Waals surface area contributed by atoms with Crippen LogP contribution in [0.2, 0.25) is 5.02 Å². The topological polar surface area (TPSA) is 69.9 Å². The highest BCUT2D eigenvalue weighted by atomic mass is 79.9. The van der Waals surface area contributed by atoms with E-state index >= 15 is 0 Å². The molecule has 0 amide bonds. The van der Waals surface area contributed by atoms with Gasteiger partial charge in [-0.3, -0.25) is 9.36 Å². The summed E-state index contributed by atoms with van der Waals surface area (Å²) < 4.78 is 13.4. The summed E-state index contributed by atoms with van der Waals surface area (Å²) >= 11 is 10.8. The average molecular weight is 548 g/mol. The van der Waals surface area contributed by atoms with E-state index in [-0.39, 0.29) is 12.2 Å². The monoisotopic (exact) mass is 546 g/mol. The molecule has 0 bridgehead atoms. The van der Waals surface area contributed by atoms with Gasteiger partial charge in [-0.25, -0.2) is 9.79 Å². The van der Waals surface area contributed by atoms with Crippen LogP contribution in [0.3, 0.4) is 0 Å². The summed E-state index contributed by atoms with van der Waals surface area (Å²) in [6, 6.07) is 12.0. The van der Waals surface area contributed by atoms with Gasteiger partial charge < -0.3 is 9.47 Å². The molecule has 0 spiro atoms. The molecule has 1 aliphatic rings. The van der Waals surface area contributed by atoms with E-state index in [0.717, 1.165) is 11.1 Å². The molecule has 2 heterocycles. The highest BCUT2D eigenvalue weighted by molar-refractivity contribution is 9.10. The number of esters is 1. The van der Waals surface area contributed by atoms with Gasteiger partial charge in [0.15, 0.2) is 4.80 Å². The van der Waals surface area contributed by atoms with Crippen molar-refractivity contribution in [1.29, 1.82) is 0 Å². The fraction of sp³-hybridized carbons (Fsp3) is 0.208. The number of methoxy groups -OCH3 is 1. The fourth-order valence-corrected chi connectivity index (χ4v) is 5.40. The fourth-order valence-electron chi connectivity index (χ4n) is 3.67. The molecule has 6 nitrogen and oxygen atoms in total. The Morgan fingerprint density at radius 1 is 1.27 bits per heavy atom. The summed E-state index contributed by atoms with van der Waals surface area (Å²) in [6.07, 6.45) is 1.80. The minimum absolute atomic E-state index is 0.218. The van der Waals surface area contributed by atoms with Crippen molar-refractivity contribution in [1.82, 2.24) is 4.57 Å². The van der Waals surface area contributed by atoms with Gasteiger partial charge in [0.2, 0.25) is 0 Å². The number of rotatable bonds is 5. The van der Waals surface area contributed by atoms with Gasteiger partial charge in [0.25, 0.3) is 5.56 Å². The van der Waals surface area contributed by atoms with Crippen LogP contribution in [0.15, 0.2) is 68.0 Å². The SMILES string of the molecule is CCOC(=O)C1=C(C)N=c2s/c(=C\c3ccc(Cl)cc3)c(=O)n2C1c1ccc(OC)c(Br)c1. The van der Waals surface area contributed by atoms with Gasteiger partial charge in [-0.1, -0.05) is 41.1 Å². The lowest BCUT2D eigenvalue weighted by atomic mass is 9.96. The molecule has 0 saturated carbocycles. The number of hydrogen-bond donors (Lipinski definition) is 0. The molecule has 4 rings (SSSR count). The number of thiazole rings is 1. The molecule has 9 heteroatoms. The molecule has 1 aromatic heterocycles. The minimum Gasteiger partial charge on any atom is -0.496 e. The van der Waals surface area contributed by atoms with Crippen LogP contribution in [0.4, 0.5) is 0 Å². The summed E-state index contributed by atoms with van der Waals surface area (Å²) in [6.45, 7) is 3.72. The van der Waals surface area contributed by atoms with Gasteiger partial charge in [0, 0.05) is 5.02 Å². The lowest BCUT2D eigenvalue weighted by Crippen LogP contribution is -2.39. The number of fused-ring (bicyclic) bond motifs is 1. The minimum atomic E-state index is -0.685. The van der Waals surface area contributed by atoms with Gasteiger partial charge >= 0.3 is 5.97 Å². The predicted octanol–water partition coefficient (Wildman–Crippen LogP) is 4.22. The quantitative estimate of drug-likeness (QED) is 0.449. The van der Waals surface area contributed by atoms with Crippen molar-refractivity contribution in [3.05, 3.63) is 94.0 Å². The smallest absolute Gasteiger partial charge is 0.338 e. The second-order valence-electron chi connectivity index (χ2n) is 7.25. The van der Waals surface area contributed by atoms with Crippen LogP contribution in [0.1, 0.15) is 31.0 Å². The lowest BCUT2D eigenvalue weighted by Gasteiger charge is -2.25. The molecular weight excluding hydrogens is 528 g/mol. The number of carbonyl (C=O) groups excluding carboxylic acids is 1. The summed E-state index contributed by atoms with van der Waals surface area (Å²) in [5, 5.41) is 0.619. The Morgan fingerprint density at radius 3 is 2.64 bits per heavy atom. The van der Waals surface area contributed by atoms with Crippen LogP contribution in [0, 0.1) is 0 Å². The van der Waals surface area contributed by atoms with E-state index < -0.39 is 12.0 Å². The first-order valence-corrected chi connectivity index (χ1v) is 12.1. The summed E-state index contributed by atoms with van der Waals surface area (Å²) in [4.78, 5) is 31.6. The van der Waals surface area contributed by atoms with Crippen molar-refractivity contribution in [2.24, 2.45) is 4.99 Å². The van der Waals surface area contributed by atoms with Gasteiger partial charge in [-0.05, 0) is 71.2 Å². The molecule has 0 fully saturated rings. The zero-order chi connectivity index (χ0) is 23.7. The number of aromatic nitrogens is 1. The number of carbonyl (C=O) groups is 1. The van der Waals surface area contributed by atoms with Crippen LogP contribution >= 0.6 is 38.9 Å². The van der Waals surface area contributed by atoms with E-state index in [4.69, 9.17) is 21.1 Å². The highest BCUT2D eigenvalue weighted by Crippen LogP contribution is 2.34. The largest absolute Gasteiger partial charge is 0.496 e. The van der Waals surface area contributed by atoms with Crippen molar-refractivity contribution in [2.75, 3.05) is 13.7 Å². The lowest BCUT2D eigenvalue weighted by molar-refractivity contribution is -0.139. The maximum absolute atomic E-state index is 13.6. The molecule has 3 aromatic rings. The van der Waals surface area contributed by atoms with E-state index in [9.17, 15) is 9.59 Å². The van der Waals surface area contributed by atoms with Crippen LogP contribution in [-0.4, -0.2) is 24.3 Å². The number of ether oxygens (including phenoxy) is 2. The standard InChI is InChI=1S/C24H20BrClN2O4S/c1-4-32-23(30)20-13(2)27-24-28(21(20)15-7-10-18(31-3)17(25)12-15)22(29)19(33-24)11-14-5-8-16(26)9-6-14/h5-12,21H,4H2,1-3H3/b19-11-. The van der Waals surface area contributed by atoms with E-state index in [1.807, 2.05) is 24.3 Å². The molecule has 0 radical (unpaired) electrons. The van der Waals surface area contributed by atoms with Gasteiger partial charge in [0.05, 0.1) is 40.0 Å². The zero-order valence-corrected chi connectivity index (χ0v) is 21.3. The highest BCUT2D eigenvalue weighted by Gasteiger charge is 2.33. The molecule has 170 valence electrons. The second kappa shape index (κ2) is 9.67. The molecule has 0 saturated heterocycles. The van der Waals surface area contributed by atoms with Crippen LogP contribution in [0.25, 0.3) is 6.08 Å². The first-order valence-electron chi connectivity index (χ1n) is 10.1. The first-order chi connectivity index (χ1) is 15.8. The van der Waals surface area contributed by atoms with Crippen molar-refractivity contribution in [3.8, 4) is 5.75 Å². The Labute approximate surface area is 207 Å². The molecular formula is C24H20BrClN2O4S. The Morgan fingerprint density at radius 2 is 2.00 bits per heavy atom. The van der Waals surface area contributed by atoms with Gasteiger partial charge in [0.1, 0.15) is 5.75 Å². The predicted molar refractivity (Wildman–Crippen MR) is 133 cm³/mol. The molecule has 1 aliphatic heterocycles. The number of halogens is 2. The number of nitrogens with zero attached hydrogens (tertiary/aromatic N) is 2. The van der Waals surface area contributed by atoms with E-state index in [2.05, 4.69) is 20.9 Å². The molecule has 0 N–H and O–H groups in total. The van der Waals surface area contributed by atoms with Crippen LogP contribution in [0.5, 0.6) is 5.75 Å². The first kappa shape index (κ1) is 23.5. The maximum Gasteiger partial charge on any atom is 0.338 e. The molecule has 0 aliphatic carbocycles. The van der Waals surface area contributed by atoms with Crippen LogP contribution < -0.4 is 19.6 Å². The van der Waals surface area contributed by atoms with Crippen molar-refractivity contribution in [2.45, 2.75) is 19.9 Å². The molecule has 1 unspecified atom stereocenters. The third kappa shape index (κ3) is 4.55. The Hall–Kier alpha value is -2.68. The Bertz CT molecular complexity index is 1440. The van der Waals surface area contributed by atoms with E-state index in [1.165, 1.54) is 11.3 Å². The summed E-state index contributed by atoms with van der Waals surface area (Å²) in [7, 11) is 1.58. The Kier molecular flexibility index (Phi) is 6.88. The number of benzene rings is 2. The summed E-state index contributed by atoms with van der Waals surface area (Å²) in [5.41, 5.74) is 2.19. The number of hydrogen-bond acceptors (Lipinski definition) is 6. The molecule has 33 heavy (non-hydrogen) atoms. The number of allylic oxidation sites excluding steroid dienone is 1. The maximum atomic E-state index is 13.6. The third-order valence-corrected chi connectivity index (χ3v) is 7.03. The van der Waals surface area contributed by atoms with Crippen molar-refractivity contribution < 1.29 is 14.3 Å². The second-order valence-corrected chi connectivity index (χ2v) is 9.55. The molecule has 1 atom stereocenters. The average Bonchev–Trinajstić information content (AvgIpc) is 3.09.